The van der Waals surface area contributed by atoms with Crippen molar-refractivity contribution >= 4 is 27.9 Å². The highest BCUT2D eigenvalue weighted by Gasteiger charge is 2.16. The van der Waals surface area contributed by atoms with Crippen LogP contribution in [0.1, 0.15) is 12.5 Å². The fourth-order valence-corrected chi connectivity index (χ4v) is 1.56. The van der Waals surface area contributed by atoms with Gasteiger partial charge in [-0.15, -0.1) is 0 Å². The quantitative estimate of drug-likeness (QED) is 0.893. The van der Waals surface area contributed by atoms with Crippen LogP contribution in [0.4, 0.5) is 4.79 Å². The van der Waals surface area contributed by atoms with Crippen molar-refractivity contribution in [1.82, 2.24) is 10.2 Å². The smallest absolute Gasteiger partial charge is 0.325 e. The molecule has 18 heavy (non-hydrogen) atoms. The zero-order chi connectivity index (χ0) is 13.7. The summed E-state index contributed by atoms with van der Waals surface area (Å²) in [4.78, 5) is 23.7. The summed E-state index contributed by atoms with van der Waals surface area (Å²) in [6.45, 7) is 1.85. The van der Waals surface area contributed by atoms with Crippen molar-refractivity contribution in [3.8, 4) is 0 Å². The SMILES string of the molecule is CC(NC(=O)N(C)Cc1ccc(Br)cc1)C(=O)O. The molecule has 5 nitrogen and oxygen atoms in total. The van der Waals surface area contributed by atoms with Crippen molar-refractivity contribution in [3.05, 3.63) is 34.3 Å². The molecule has 0 saturated carbocycles. The molecule has 0 aliphatic rings. The van der Waals surface area contributed by atoms with E-state index < -0.39 is 18.0 Å². The zero-order valence-electron chi connectivity index (χ0n) is 10.2. The molecule has 1 rings (SSSR count). The number of carboxylic acids is 1. The summed E-state index contributed by atoms with van der Waals surface area (Å²) in [5.74, 6) is -1.06. The Morgan fingerprint density at radius 2 is 1.94 bits per heavy atom. The van der Waals surface area contributed by atoms with E-state index in [-0.39, 0.29) is 0 Å². The van der Waals surface area contributed by atoms with E-state index in [0.29, 0.717) is 6.54 Å². The number of nitrogens with zero attached hydrogens (tertiary/aromatic N) is 1. The van der Waals surface area contributed by atoms with Gasteiger partial charge in [0, 0.05) is 18.1 Å². The van der Waals surface area contributed by atoms with Gasteiger partial charge in [0.2, 0.25) is 0 Å². The Balaban J connectivity index is 2.54. The Labute approximate surface area is 114 Å². The molecule has 1 aromatic carbocycles. The average molecular weight is 315 g/mol. The van der Waals surface area contributed by atoms with Crippen LogP contribution in [-0.4, -0.2) is 35.1 Å². The Bertz CT molecular complexity index is 433. The molecule has 98 valence electrons. The lowest BCUT2D eigenvalue weighted by Gasteiger charge is -2.19. The van der Waals surface area contributed by atoms with E-state index >= 15 is 0 Å². The number of urea groups is 1. The van der Waals surface area contributed by atoms with Crippen LogP contribution < -0.4 is 5.32 Å². The maximum atomic E-state index is 11.7. The first-order chi connectivity index (χ1) is 8.40. The summed E-state index contributed by atoms with van der Waals surface area (Å²) in [5, 5.41) is 11.1. The van der Waals surface area contributed by atoms with Crippen LogP contribution in [0.25, 0.3) is 0 Å². The van der Waals surface area contributed by atoms with Crippen molar-refractivity contribution in [2.75, 3.05) is 7.05 Å². The molecule has 0 radical (unpaired) electrons. The van der Waals surface area contributed by atoms with Crippen molar-refractivity contribution < 1.29 is 14.7 Å². The molecule has 2 amide bonds. The Morgan fingerprint density at radius 3 is 2.44 bits per heavy atom. The van der Waals surface area contributed by atoms with E-state index in [1.54, 1.807) is 7.05 Å². The van der Waals surface area contributed by atoms with Crippen LogP contribution in [0.5, 0.6) is 0 Å². The normalized spacial score (nSPS) is 11.7. The number of aliphatic carboxylic acids is 1. The summed E-state index contributed by atoms with van der Waals surface area (Å²) in [7, 11) is 1.62. The Kier molecular flexibility index (Phi) is 5.15. The molecular formula is C12H15BrN2O3. The van der Waals surface area contributed by atoms with Gasteiger partial charge in [-0.05, 0) is 24.6 Å². The lowest BCUT2D eigenvalue weighted by molar-refractivity contribution is -0.138. The fraction of sp³-hybridized carbons (Fsp3) is 0.333. The number of hydrogen-bond donors (Lipinski definition) is 2. The van der Waals surface area contributed by atoms with Gasteiger partial charge in [0.15, 0.2) is 0 Å². The summed E-state index contributed by atoms with van der Waals surface area (Å²) in [5.41, 5.74) is 0.971. The summed E-state index contributed by atoms with van der Waals surface area (Å²) in [6, 6.07) is 6.27. The summed E-state index contributed by atoms with van der Waals surface area (Å²) in [6.07, 6.45) is 0. The number of carbonyl (C=O) groups excluding carboxylic acids is 1. The van der Waals surface area contributed by atoms with Gasteiger partial charge >= 0.3 is 12.0 Å². The Morgan fingerprint density at radius 1 is 1.39 bits per heavy atom. The number of carboxylic acid groups (broad SMARTS) is 1. The molecular weight excluding hydrogens is 300 g/mol. The predicted octanol–water partition coefficient (Wildman–Crippen LogP) is 2.06. The molecule has 1 unspecified atom stereocenters. The number of benzene rings is 1. The number of nitrogens with one attached hydrogen (secondary N) is 1. The van der Waals surface area contributed by atoms with Gasteiger partial charge in [0.1, 0.15) is 6.04 Å². The minimum atomic E-state index is -1.06. The standard InChI is InChI=1S/C12H15BrN2O3/c1-8(11(16)17)14-12(18)15(2)7-9-3-5-10(13)6-4-9/h3-6,8H,7H2,1-2H3,(H,14,18)(H,16,17). The second-order valence-electron chi connectivity index (χ2n) is 3.99. The van der Waals surface area contributed by atoms with Gasteiger partial charge in [-0.25, -0.2) is 4.79 Å². The highest BCUT2D eigenvalue weighted by molar-refractivity contribution is 9.10. The van der Waals surface area contributed by atoms with Crippen molar-refractivity contribution in [2.45, 2.75) is 19.5 Å². The number of rotatable bonds is 4. The fourth-order valence-electron chi connectivity index (χ4n) is 1.29. The van der Waals surface area contributed by atoms with Crippen LogP contribution in [0.15, 0.2) is 28.7 Å². The molecule has 0 heterocycles. The van der Waals surface area contributed by atoms with Gasteiger partial charge in [0.25, 0.3) is 0 Å². The van der Waals surface area contributed by atoms with Crippen LogP contribution in [0.3, 0.4) is 0 Å². The molecule has 0 aliphatic carbocycles. The largest absolute Gasteiger partial charge is 0.480 e. The van der Waals surface area contributed by atoms with E-state index in [1.165, 1.54) is 11.8 Å². The van der Waals surface area contributed by atoms with Gasteiger partial charge in [-0.2, -0.15) is 0 Å². The first-order valence-electron chi connectivity index (χ1n) is 5.39. The topological polar surface area (TPSA) is 69.6 Å². The van der Waals surface area contributed by atoms with Gasteiger partial charge < -0.3 is 15.3 Å². The van der Waals surface area contributed by atoms with Crippen LogP contribution in [0.2, 0.25) is 0 Å². The van der Waals surface area contributed by atoms with E-state index in [9.17, 15) is 9.59 Å². The van der Waals surface area contributed by atoms with Crippen LogP contribution in [-0.2, 0) is 11.3 Å². The van der Waals surface area contributed by atoms with E-state index in [4.69, 9.17) is 5.11 Å². The second-order valence-corrected chi connectivity index (χ2v) is 4.91. The van der Waals surface area contributed by atoms with Crippen molar-refractivity contribution in [3.63, 3.8) is 0 Å². The molecule has 0 bridgehead atoms. The van der Waals surface area contributed by atoms with E-state index in [1.807, 2.05) is 24.3 Å². The molecule has 0 fully saturated rings. The third-order valence-corrected chi connectivity index (χ3v) is 2.92. The molecule has 6 heteroatoms. The Hall–Kier alpha value is -1.56. The maximum Gasteiger partial charge on any atom is 0.325 e. The number of halogens is 1. The molecule has 2 N–H and O–H groups in total. The van der Waals surface area contributed by atoms with E-state index in [2.05, 4.69) is 21.2 Å². The van der Waals surface area contributed by atoms with Crippen molar-refractivity contribution in [2.24, 2.45) is 0 Å². The highest BCUT2D eigenvalue weighted by Crippen LogP contribution is 2.11. The highest BCUT2D eigenvalue weighted by atomic mass is 79.9. The monoisotopic (exact) mass is 314 g/mol. The lowest BCUT2D eigenvalue weighted by atomic mass is 10.2. The number of amides is 2. The van der Waals surface area contributed by atoms with Gasteiger partial charge in [0.05, 0.1) is 0 Å². The number of hydrogen-bond acceptors (Lipinski definition) is 2. The molecule has 0 spiro atoms. The number of carbonyl (C=O) groups is 2. The minimum absolute atomic E-state index is 0.409. The van der Waals surface area contributed by atoms with Crippen LogP contribution >= 0.6 is 15.9 Å². The third kappa shape index (κ3) is 4.37. The predicted molar refractivity (Wildman–Crippen MR) is 71.2 cm³/mol. The molecule has 1 atom stereocenters. The second kappa shape index (κ2) is 6.39. The summed E-state index contributed by atoms with van der Waals surface area (Å²) < 4.78 is 0.970. The lowest BCUT2D eigenvalue weighted by Crippen LogP contribution is -2.44. The molecule has 0 aliphatic heterocycles. The van der Waals surface area contributed by atoms with Gasteiger partial charge in [-0.3, -0.25) is 4.79 Å². The maximum absolute atomic E-state index is 11.7. The van der Waals surface area contributed by atoms with Crippen molar-refractivity contribution in [1.29, 1.82) is 0 Å². The van der Waals surface area contributed by atoms with Crippen LogP contribution in [0, 0.1) is 0 Å². The zero-order valence-corrected chi connectivity index (χ0v) is 11.8. The van der Waals surface area contributed by atoms with Gasteiger partial charge in [-0.1, -0.05) is 28.1 Å². The average Bonchev–Trinajstić information content (AvgIpc) is 2.31. The summed E-state index contributed by atoms with van der Waals surface area (Å²) >= 11 is 3.33. The first kappa shape index (κ1) is 14.5. The third-order valence-electron chi connectivity index (χ3n) is 2.39. The van der Waals surface area contributed by atoms with E-state index in [0.717, 1.165) is 10.0 Å². The first-order valence-corrected chi connectivity index (χ1v) is 6.18. The minimum Gasteiger partial charge on any atom is -0.480 e. The molecule has 0 aromatic heterocycles. The molecule has 0 saturated heterocycles. The molecule has 1 aromatic rings.